The zero-order valence-electron chi connectivity index (χ0n) is 14.2. The fraction of sp³-hybridized carbons (Fsp3) is 0.312. The van der Waals surface area contributed by atoms with Crippen molar-refractivity contribution in [1.82, 2.24) is 30.2 Å². The van der Waals surface area contributed by atoms with Crippen LogP contribution >= 0.6 is 0 Å². The number of nitrogens with zero attached hydrogens (tertiary/aromatic N) is 4. The number of H-pyrrole nitrogens is 1. The van der Waals surface area contributed by atoms with Crippen molar-refractivity contribution >= 4 is 5.91 Å². The van der Waals surface area contributed by atoms with Crippen LogP contribution in [0.2, 0.25) is 0 Å². The van der Waals surface area contributed by atoms with Crippen LogP contribution in [0.4, 0.5) is 0 Å². The molecule has 0 spiro atoms. The number of nitrogens with one attached hydrogen (secondary N) is 2. The standard InChI is InChI=1S/C16H16N6O5/c23-15(10-2-3-11-12(8-10)26-7-1-6-25-11)17-4-5-22-9-18-13(20-22)14-19-16(24)27-21-14/h2-3,8-9H,1,4-7H2,(H,17,23)(H,19,21,24). The Balaban J connectivity index is 1.34. The molecule has 2 N–H and O–H groups in total. The molecular weight excluding hydrogens is 356 g/mol. The summed E-state index contributed by atoms with van der Waals surface area (Å²) in [6.45, 7) is 1.89. The average molecular weight is 372 g/mol. The summed E-state index contributed by atoms with van der Waals surface area (Å²) in [6.07, 6.45) is 2.28. The Morgan fingerprint density at radius 3 is 2.93 bits per heavy atom. The molecule has 0 aliphatic carbocycles. The molecule has 0 unspecified atom stereocenters. The zero-order valence-corrected chi connectivity index (χ0v) is 14.2. The van der Waals surface area contributed by atoms with Crippen molar-refractivity contribution in [2.45, 2.75) is 13.0 Å². The molecule has 0 saturated heterocycles. The van der Waals surface area contributed by atoms with Gasteiger partial charge in [-0.2, -0.15) is 0 Å². The molecule has 0 fully saturated rings. The molecule has 1 amide bonds. The van der Waals surface area contributed by atoms with Gasteiger partial charge in [-0.3, -0.25) is 19.0 Å². The normalized spacial score (nSPS) is 13.2. The van der Waals surface area contributed by atoms with Crippen molar-refractivity contribution in [3.8, 4) is 23.1 Å². The van der Waals surface area contributed by atoms with E-state index in [4.69, 9.17) is 9.47 Å². The largest absolute Gasteiger partial charge is 0.490 e. The van der Waals surface area contributed by atoms with E-state index >= 15 is 0 Å². The molecule has 11 nitrogen and oxygen atoms in total. The molecule has 0 atom stereocenters. The number of carbonyl (C=O) groups is 1. The first kappa shape index (κ1) is 16.8. The highest BCUT2D eigenvalue weighted by molar-refractivity contribution is 5.94. The number of hydrogen-bond donors (Lipinski definition) is 2. The van der Waals surface area contributed by atoms with Crippen molar-refractivity contribution in [2.24, 2.45) is 0 Å². The van der Waals surface area contributed by atoms with Gasteiger partial charge >= 0.3 is 5.76 Å². The molecule has 3 aromatic rings. The zero-order chi connectivity index (χ0) is 18.6. The summed E-state index contributed by atoms with van der Waals surface area (Å²) in [7, 11) is 0. The fourth-order valence-corrected chi connectivity index (χ4v) is 2.53. The van der Waals surface area contributed by atoms with Gasteiger partial charge in [0.2, 0.25) is 11.6 Å². The third-order valence-corrected chi connectivity index (χ3v) is 3.82. The number of carbonyl (C=O) groups excluding carboxylic acids is 1. The molecule has 140 valence electrons. The number of ether oxygens (including phenoxy) is 2. The molecule has 0 radical (unpaired) electrons. The minimum atomic E-state index is -0.677. The molecule has 2 aromatic heterocycles. The number of benzene rings is 1. The SMILES string of the molecule is O=C(NCCn1cnc(-c2noc(=O)[nH]2)n1)c1ccc2c(c1)OCCCO2. The maximum absolute atomic E-state index is 12.3. The molecular formula is C16H16N6O5. The lowest BCUT2D eigenvalue weighted by atomic mass is 10.2. The molecule has 1 aliphatic heterocycles. The van der Waals surface area contributed by atoms with E-state index in [1.54, 1.807) is 18.2 Å². The number of hydrogen-bond acceptors (Lipinski definition) is 8. The number of aromatic nitrogens is 5. The Hall–Kier alpha value is -3.63. The van der Waals surface area contributed by atoms with Crippen LogP contribution in [-0.4, -0.2) is 50.6 Å². The first-order valence-electron chi connectivity index (χ1n) is 8.33. The summed E-state index contributed by atoms with van der Waals surface area (Å²) in [6, 6.07) is 5.10. The monoisotopic (exact) mass is 372 g/mol. The van der Waals surface area contributed by atoms with E-state index in [0.717, 1.165) is 6.42 Å². The topological polar surface area (TPSA) is 137 Å². The van der Waals surface area contributed by atoms with Crippen molar-refractivity contribution in [2.75, 3.05) is 19.8 Å². The lowest BCUT2D eigenvalue weighted by Gasteiger charge is -2.09. The Morgan fingerprint density at radius 1 is 1.26 bits per heavy atom. The van der Waals surface area contributed by atoms with Crippen LogP contribution in [0.3, 0.4) is 0 Å². The molecule has 1 aliphatic rings. The van der Waals surface area contributed by atoms with Crippen molar-refractivity contribution in [1.29, 1.82) is 0 Å². The second kappa shape index (κ2) is 7.32. The second-order valence-electron chi connectivity index (χ2n) is 5.74. The minimum Gasteiger partial charge on any atom is -0.490 e. The molecule has 1 aromatic carbocycles. The van der Waals surface area contributed by atoms with Crippen molar-refractivity contribution in [3.05, 3.63) is 40.6 Å². The third-order valence-electron chi connectivity index (χ3n) is 3.82. The van der Waals surface area contributed by atoms with E-state index < -0.39 is 5.76 Å². The quantitative estimate of drug-likeness (QED) is 0.648. The van der Waals surface area contributed by atoms with E-state index in [2.05, 4.69) is 30.1 Å². The number of rotatable bonds is 5. The van der Waals surface area contributed by atoms with Gasteiger partial charge in [0.15, 0.2) is 11.5 Å². The first-order chi connectivity index (χ1) is 13.2. The summed E-state index contributed by atoms with van der Waals surface area (Å²) < 4.78 is 17.1. The summed E-state index contributed by atoms with van der Waals surface area (Å²) in [5.41, 5.74) is 0.485. The van der Waals surface area contributed by atoms with E-state index in [0.29, 0.717) is 43.4 Å². The summed E-state index contributed by atoms with van der Waals surface area (Å²) in [5.74, 6) is 0.688. The molecule has 4 rings (SSSR count). The van der Waals surface area contributed by atoms with Gasteiger partial charge in [-0.15, -0.1) is 5.10 Å². The highest BCUT2D eigenvalue weighted by atomic mass is 16.5. The van der Waals surface area contributed by atoms with Gasteiger partial charge in [-0.1, -0.05) is 5.16 Å². The first-order valence-corrected chi connectivity index (χ1v) is 8.33. The molecule has 11 heteroatoms. The van der Waals surface area contributed by atoms with Crippen LogP contribution in [0.1, 0.15) is 16.8 Å². The fourth-order valence-electron chi connectivity index (χ4n) is 2.53. The Morgan fingerprint density at radius 2 is 2.11 bits per heavy atom. The van der Waals surface area contributed by atoms with Gasteiger partial charge in [0.25, 0.3) is 5.91 Å². The molecule has 27 heavy (non-hydrogen) atoms. The minimum absolute atomic E-state index is 0.148. The van der Waals surface area contributed by atoms with Gasteiger partial charge in [-0.25, -0.2) is 9.78 Å². The van der Waals surface area contributed by atoms with Crippen LogP contribution in [0.5, 0.6) is 11.5 Å². The lowest BCUT2D eigenvalue weighted by molar-refractivity contribution is 0.0951. The Bertz CT molecular complexity index is 1010. The van der Waals surface area contributed by atoms with Crippen LogP contribution in [0, 0.1) is 0 Å². The number of fused-ring (bicyclic) bond motifs is 1. The highest BCUT2D eigenvalue weighted by Gasteiger charge is 2.14. The van der Waals surface area contributed by atoms with Crippen LogP contribution < -0.4 is 20.5 Å². The average Bonchev–Trinajstić information content (AvgIpc) is 3.24. The van der Waals surface area contributed by atoms with Gasteiger partial charge < -0.3 is 14.8 Å². The summed E-state index contributed by atoms with van der Waals surface area (Å²) >= 11 is 0. The van der Waals surface area contributed by atoms with Gasteiger partial charge in [0.05, 0.1) is 19.8 Å². The second-order valence-corrected chi connectivity index (χ2v) is 5.74. The summed E-state index contributed by atoms with van der Waals surface area (Å²) in [5, 5.41) is 10.5. The van der Waals surface area contributed by atoms with Crippen molar-refractivity contribution < 1.29 is 18.8 Å². The van der Waals surface area contributed by atoms with E-state index in [-0.39, 0.29) is 17.6 Å². The Labute approximate surface area is 152 Å². The van der Waals surface area contributed by atoms with Crippen molar-refractivity contribution in [3.63, 3.8) is 0 Å². The van der Waals surface area contributed by atoms with E-state index in [1.165, 1.54) is 11.0 Å². The van der Waals surface area contributed by atoms with Gasteiger partial charge in [-0.05, 0) is 18.2 Å². The maximum atomic E-state index is 12.3. The van der Waals surface area contributed by atoms with E-state index in [9.17, 15) is 9.59 Å². The van der Waals surface area contributed by atoms with Crippen LogP contribution in [-0.2, 0) is 6.54 Å². The molecule has 3 heterocycles. The number of aromatic amines is 1. The van der Waals surface area contributed by atoms with Gasteiger partial charge in [0.1, 0.15) is 6.33 Å². The molecule has 0 bridgehead atoms. The number of amides is 1. The van der Waals surface area contributed by atoms with Gasteiger partial charge in [0, 0.05) is 18.5 Å². The smallest absolute Gasteiger partial charge is 0.439 e. The highest BCUT2D eigenvalue weighted by Crippen LogP contribution is 2.30. The van der Waals surface area contributed by atoms with E-state index in [1.807, 2.05) is 0 Å². The lowest BCUT2D eigenvalue weighted by Crippen LogP contribution is -2.27. The van der Waals surface area contributed by atoms with Crippen LogP contribution in [0.15, 0.2) is 33.8 Å². The third kappa shape index (κ3) is 3.81. The maximum Gasteiger partial charge on any atom is 0.439 e. The molecule has 0 saturated carbocycles. The predicted molar refractivity (Wildman–Crippen MR) is 90.5 cm³/mol. The predicted octanol–water partition coefficient (Wildman–Crippen LogP) is 0.213. The Kier molecular flexibility index (Phi) is 4.56. The van der Waals surface area contributed by atoms with Crippen LogP contribution in [0.25, 0.3) is 11.6 Å². The summed E-state index contributed by atoms with van der Waals surface area (Å²) in [4.78, 5) is 29.7.